The quantitative estimate of drug-likeness (QED) is 0.227. The molecule has 1 aromatic heterocycles. The molecule has 0 radical (unpaired) electrons. The lowest BCUT2D eigenvalue weighted by atomic mass is 10.1. The molecule has 1 heterocycles. The predicted octanol–water partition coefficient (Wildman–Crippen LogP) is 8.87. The summed E-state index contributed by atoms with van der Waals surface area (Å²) in [6.45, 7) is 26.1. The first-order valence-corrected chi connectivity index (χ1v) is 14.7. The molecule has 0 saturated heterocycles. The second-order valence-electron chi connectivity index (χ2n) is 11.6. The average Bonchev–Trinajstić information content (AvgIpc) is 2.47. The topological polar surface area (TPSA) is 22.1 Å². The number of ether oxygens (including phenoxy) is 1. The Balaban J connectivity index is 3.53. The van der Waals surface area contributed by atoms with Gasteiger partial charge in [-0.2, -0.15) is 0 Å². The number of thiocarbonyl (C=S) groups is 1. The van der Waals surface area contributed by atoms with Crippen LogP contribution < -0.4 is 0 Å². The maximum atomic E-state index is 6.16. The maximum absolute atomic E-state index is 6.16. The van der Waals surface area contributed by atoms with Crippen LogP contribution in [0.15, 0.2) is 18.3 Å². The van der Waals surface area contributed by atoms with Crippen LogP contribution in [0.4, 0.5) is 0 Å². The van der Waals surface area contributed by atoms with Crippen molar-refractivity contribution in [1.29, 1.82) is 0 Å². The highest BCUT2D eigenvalue weighted by Crippen LogP contribution is 2.66. The van der Waals surface area contributed by atoms with E-state index in [0.717, 1.165) is 12.8 Å². The second kappa shape index (κ2) is 10.2. The monoisotopic (exact) mass is 487 g/mol. The van der Waals surface area contributed by atoms with Crippen molar-refractivity contribution in [2.24, 2.45) is 0 Å². The Morgan fingerprint density at radius 3 is 1.97 bits per heavy atom. The van der Waals surface area contributed by atoms with Gasteiger partial charge in [0.05, 0.1) is 14.2 Å². The number of halogens is 1. The molecular formula is C24H42ClNOS2Si. The first kappa shape index (κ1) is 27.9. The molecule has 0 fully saturated rings. The molecule has 0 aliphatic heterocycles. The molecule has 0 aromatic carbocycles. The molecule has 0 aliphatic carbocycles. The fourth-order valence-corrected chi connectivity index (χ4v) is 22.6. The molecule has 0 bridgehead atoms. The minimum Gasteiger partial charge on any atom is -0.476 e. The lowest BCUT2D eigenvalue weighted by molar-refractivity contribution is 0.243. The van der Waals surface area contributed by atoms with Gasteiger partial charge in [0.1, 0.15) is 5.15 Å². The fraction of sp³-hybridized carbons (Fsp3) is 0.750. The Morgan fingerprint density at radius 2 is 1.57 bits per heavy atom. The summed E-state index contributed by atoms with van der Waals surface area (Å²) in [4.78, 5) is 4.56. The molecule has 2 nitrogen and oxygen atoms in total. The maximum Gasteiger partial charge on any atom is 0.220 e. The molecular weight excluding hydrogens is 446 g/mol. The molecule has 1 atom stereocenters. The van der Waals surface area contributed by atoms with E-state index in [-0.39, 0.29) is 21.2 Å². The largest absolute Gasteiger partial charge is 0.476 e. The summed E-state index contributed by atoms with van der Waals surface area (Å²) in [5.41, 5.74) is 1.23. The molecule has 6 heteroatoms. The van der Waals surface area contributed by atoms with Crippen molar-refractivity contribution in [3.05, 3.63) is 29.0 Å². The van der Waals surface area contributed by atoms with Crippen molar-refractivity contribution in [3.63, 3.8) is 0 Å². The van der Waals surface area contributed by atoms with E-state index < -0.39 is 8.07 Å². The summed E-state index contributed by atoms with van der Waals surface area (Å²) in [5.74, 6) is 0. The first-order chi connectivity index (χ1) is 13.4. The van der Waals surface area contributed by atoms with Gasteiger partial charge in [0.2, 0.25) is 4.38 Å². The summed E-state index contributed by atoms with van der Waals surface area (Å²) in [7, 11) is -2.06. The van der Waals surface area contributed by atoms with Gasteiger partial charge in [-0.1, -0.05) is 85.7 Å². The summed E-state index contributed by atoms with van der Waals surface area (Å²) >= 11 is 13.7. The Labute approximate surface area is 201 Å². The van der Waals surface area contributed by atoms with Crippen LogP contribution >= 0.6 is 35.6 Å². The zero-order valence-corrected chi connectivity index (χ0v) is 24.2. The third-order valence-electron chi connectivity index (χ3n) is 6.09. The molecule has 1 unspecified atom stereocenters. The van der Waals surface area contributed by atoms with Crippen LogP contribution in [-0.2, 0) is 11.2 Å². The number of rotatable bonds is 6. The first-order valence-electron chi connectivity index (χ1n) is 10.9. The number of aryl methyl sites for hydroxylation is 1. The lowest BCUT2D eigenvalue weighted by Gasteiger charge is -2.63. The van der Waals surface area contributed by atoms with E-state index in [1.54, 1.807) is 18.0 Å². The summed E-state index contributed by atoms with van der Waals surface area (Å²) in [6, 6.07) is 4.06. The molecule has 172 valence electrons. The van der Waals surface area contributed by atoms with E-state index in [4.69, 9.17) is 28.6 Å². The fourth-order valence-electron chi connectivity index (χ4n) is 6.42. The molecule has 0 amide bonds. The number of thioether (sulfide) groups is 1. The van der Waals surface area contributed by atoms with Gasteiger partial charge < -0.3 is 4.74 Å². The normalized spacial score (nSPS) is 14.7. The van der Waals surface area contributed by atoms with E-state index in [9.17, 15) is 0 Å². The number of pyridine rings is 1. The smallest absolute Gasteiger partial charge is 0.220 e. The number of aromatic nitrogens is 1. The molecule has 0 N–H and O–H groups in total. The van der Waals surface area contributed by atoms with E-state index in [0.29, 0.717) is 14.4 Å². The summed E-state index contributed by atoms with van der Waals surface area (Å²) in [5, 5.41) is 1.11. The van der Waals surface area contributed by atoms with Gasteiger partial charge in [-0.05, 0) is 71.7 Å². The average molecular weight is 488 g/mol. The highest BCUT2D eigenvalue weighted by molar-refractivity contribution is 8.24. The van der Waals surface area contributed by atoms with Crippen LogP contribution in [0.5, 0.6) is 0 Å². The molecule has 1 rings (SSSR count). The standard InChI is InChI=1S/C24H42ClNOS2Si/c1-17(2)27-21(28)29-20(13-12-18-14-15-26-19(25)16-18)30(22(3,4)5,23(6,7)8)24(9,10)11/h14-17,20H,12-13H2,1-11H3. The second-order valence-corrected chi connectivity index (χ2v) is 21.0. The Hall–Kier alpha value is -0.103. The van der Waals surface area contributed by atoms with Crippen LogP contribution in [-0.4, -0.2) is 28.4 Å². The third kappa shape index (κ3) is 6.46. The van der Waals surface area contributed by atoms with Crippen molar-refractivity contribution in [2.75, 3.05) is 0 Å². The van der Waals surface area contributed by atoms with Gasteiger partial charge >= 0.3 is 0 Å². The zero-order chi connectivity index (χ0) is 23.5. The highest BCUT2D eigenvalue weighted by atomic mass is 35.5. The summed E-state index contributed by atoms with van der Waals surface area (Å²) in [6.07, 6.45) is 3.90. The van der Waals surface area contributed by atoms with E-state index in [1.165, 1.54) is 5.56 Å². The van der Waals surface area contributed by atoms with Crippen molar-refractivity contribution in [1.82, 2.24) is 4.98 Å². The summed E-state index contributed by atoms with van der Waals surface area (Å²) < 4.78 is 6.65. The van der Waals surface area contributed by atoms with Gasteiger partial charge in [0.15, 0.2) is 0 Å². The van der Waals surface area contributed by atoms with Crippen LogP contribution in [0.1, 0.15) is 88.1 Å². The van der Waals surface area contributed by atoms with E-state index in [1.807, 2.05) is 19.9 Å². The van der Waals surface area contributed by atoms with Crippen molar-refractivity contribution >= 4 is 48.0 Å². The Kier molecular flexibility index (Phi) is 9.52. The van der Waals surface area contributed by atoms with Gasteiger partial charge in [0, 0.05) is 11.1 Å². The number of hydrogen-bond acceptors (Lipinski definition) is 4. The van der Waals surface area contributed by atoms with E-state index >= 15 is 0 Å². The lowest BCUT2D eigenvalue weighted by Crippen LogP contribution is -2.65. The van der Waals surface area contributed by atoms with Gasteiger partial charge in [-0.15, -0.1) is 0 Å². The van der Waals surface area contributed by atoms with Crippen LogP contribution in [0.25, 0.3) is 0 Å². The molecule has 1 aromatic rings. The minimum absolute atomic E-state index is 0.0969. The Morgan fingerprint density at radius 1 is 1.07 bits per heavy atom. The van der Waals surface area contributed by atoms with Crippen LogP contribution in [0.2, 0.25) is 20.3 Å². The van der Waals surface area contributed by atoms with Crippen molar-refractivity contribution < 1.29 is 4.74 Å². The molecule has 0 saturated carbocycles. The highest BCUT2D eigenvalue weighted by Gasteiger charge is 2.63. The van der Waals surface area contributed by atoms with E-state index in [2.05, 4.69) is 73.4 Å². The Bertz CT molecular complexity index is 681. The van der Waals surface area contributed by atoms with Crippen molar-refractivity contribution in [2.45, 2.75) is 115 Å². The molecule has 30 heavy (non-hydrogen) atoms. The van der Waals surface area contributed by atoms with Gasteiger partial charge in [-0.25, -0.2) is 4.98 Å². The van der Waals surface area contributed by atoms with Gasteiger partial charge in [-0.3, -0.25) is 0 Å². The van der Waals surface area contributed by atoms with Crippen LogP contribution in [0.3, 0.4) is 0 Å². The third-order valence-corrected chi connectivity index (χ3v) is 17.3. The van der Waals surface area contributed by atoms with Gasteiger partial charge in [0.25, 0.3) is 0 Å². The van der Waals surface area contributed by atoms with Crippen LogP contribution in [0, 0.1) is 0 Å². The predicted molar refractivity (Wildman–Crippen MR) is 143 cm³/mol. The number of nitrogens with zero attached hydrogens (tertiary/aromatic N) is 1. The zero-order valence-electron chi connectivity index (χ0n) is 20.9. The van der Waals surface area contributed by atoms with Crippen molar-refractivity contribution in [3.8, 4) is 0 Å². The molecule has 0 spiro atoms. The minimum atomic E-state index is -2.06. The SMILES string of the molecule is CC(C)OC(=S)SC(CCc1ccnc(Cl)c1)[Si](C(C)(C)C)(C(C)(C)C)C(C)(C)C. The molecule has 0 aliphatic rings. The number of hydrogen-bond donors (Lipinski definition) is 0.